The molecule has 0 amide bonds. The molecular weight excluding hydrogens is 410 g/mol. The highest BCUT2D eigenvalue weighted by atomic mass is 16.5. The fraction of sp³-hybridized carbons (Fsp3) is 0.333. The highest BCUT2D eigenvalue weighted by molar-refractivity contribution is 5.67. The van der Waals surface area contributed by atoms with Gasteiger partial charge in [-0.25, -0.2) is 4.98 Å². The van der Waals surface area contributed by atoms with E-state index < -0.39 is 0 Å². The van der Waals surface area contributed by atoms with Crippen LogP contribution < -0.4 is 25.8 Å². The third kappa shape index (κ3) is 5.34. The van der Waals surface area contributed by atoms with Gasteiger partial charge in [-0.3, -0.25) is 4.90 Å². The lowest BCUT2D eigenvalue weighted by atomic mass is 10.0. The van der Waals surface area contributed by atoms with Crippen molar-refractivity contribution in [3.8, 4) is 5.75 Å². The molecule has 0 bridgehead atoms. The smallest absolute Gasteiger partial charge is 0.229 e. The van der Waals surface area contributed by atoms with Crippen molar-refractivity contribution < 1.29 is 4.74 Å². The predicted molar refractivity (Wildman–Crippen MR) is 134 cm³/mol. The molecule has 6 heteroatoms. The van der Waals surface area contributed by atoms with E-state index in [2.05, 4.69) is 50.9 Å². The van der Waals surface area contributed by atoms with E-state index in [9.17, 15) is 0 Å². The third-order valence-electron chi connectivity index (χ3n) is 6.27. The Kier molecular flexibility index (Phi) is 6.53. The number of hydrogen-bond donors (Lipinski definition) is 2. The Bertz CT molecular complexity index is 1220. The topological polar surface area (TPSA) is 62.3 Å². The van der Waals surface area contributed by atoms with E-state index in [0.717, 1.165) is 48.8 Å². The van der Waals surface area contributed by atoms with Gasteiger partial charge in [0.15, 0.2) is 0 Å². The van der Waals surface area contributed by atoms with E-state index in [4.69, 9.17) is 9.72 Å². The van der Waals surface area contributed by atoms with E-state index in [1.165, 1.54) is 42.1 Å². The number of fused-ring (bicyclic) bond motifs is 1. The number of rotatable bonds is 8. The second-order valence-corrected chi connectivity index (χ2v) is 8.71. The van der Waals surface area contributed by atoms with Crippen LogP contribution in [0, 0.1) is 6.92 Å². The highest BCUT2D eigenvalue weighted by Crippen LogP contribution is 2.22. The van der Waals surface area contributed by atoms with E-state index in [-0.39, 0.29) is 0 Å². The summed E-state index contributed by atoms with van der Waals surface area (Å²) in [7, 11) is 0. The van der Waals surface area contributed by atoms with Crippen molar-refractivity contribution in [2.75, 3.05) is 36.9 Å². The van der Waals surface area contributed by atoms with Crippen LogP contribution in [0.3, 0.4) is 0 Å². The van der Waals surface area contributed by atoms with Crippen LogP contribution in [0.5, 0.6) is 5.75 Å². The summed E-state index contributed by atoms with van der Waals surface area (Å²) in [5.74, 6) is 2.29. The lowest BCUT2D eigenvalue weighted by Gasteiger charge is -2.16. The number of nitrogens with one attached hydrogen (secondary N) is 2. The molecule has 2 aliphatic rings. The molecule has 0 atom stereocenters. The first-order valence-electron chi connectivity index (χ1n) is 11.9. The van der Waals surface area contributed by atoms with Gasteiger partial charge in [0.25, 0.3) is 0 Å². The predicted octanol–water partition coefficient (Wildman–Crippen LogP) is 3.80. The van der Waals surface area contributed by atoms with Crippen molar-refractivity contribution in [3.63, 3.8) is 0 Å². The van der Waals surface area contributed by atoms with Crippen LogP contribution in [0.4, 0.5) is 17.5 Å². The molecule has 2 aromatic carbocycles. The first-order valence-corrected chi connectivity index (χ1v) is 11.9. The average Bonchev–Trinajstić information content (AvgIpc) is 3.36. The first kappa shape index (κ1) is 21.5. The quantitative estimate of drug-likeness (QED) is 0.555. The molecule has 0 radical (unpaired) electrons. The van der Waals surface area contributed by atoms with Gasteiger partial charge in [0, 0.05) is 34.9 Å². The molecule has 1 aliphatic heterocycles. The third-order valence-corrected chi connectivity index (χ3v) is 6.27. The van der Waals surface area contributed by atoms with Gasteiger partial charge in [0.05, 0.1) is 0 Å². The van der Waals surface area contributed by atoms with Crippen LogP contribution in [0.2, 0.25) is 0 Å². The minimum Gasteiger partial charge on any atom is -0.492 e. The minimum atomic E-state index is 0.571. The first-order chi connectivity index (χ1) is 16.2. The molecule has 3 aromatic rings. The standard InChI is InChI=1S/C27H31N5O/c1-20-19-28-27(31-26(20)30-25-10-6-8-21-7-2-3-9-24(21)25)29-22-11-13-23(14-12-22)33-18-17-32-15-4-5-16-32/h2-3,7-9,11-14,19H,4-6,10,15-18H2,1H3,(H2,28,29,30,31). The van der Waals surface area contributed by atoms with Gasteiger partial charge >= 0.3 is 0 Å². The monoisotopic (exact) mass is 441 g/mol. The minimum absolute atomic E-state index is 0.571. The zero-order valence-corrected chi connectivity index (χ0v) is 19.2. The molecule has 170 valence electrons. The number of nitrogens with zero attached hydrogens (tertiary/aromatic N) is 3. The summed E-state index contributed by atoms with van der Waals surface area (Å²) in [6.45, 7) is 6.15. The number of hydrogen-bond acceptors (Lipinski definition) is 6. The number of aryl methyl sites for hydroxylation is 1. The molecule has 0 spiro atoms. The summed E-state index contributed by atoms with van der Waals surface area (Å²) in [4.78, 5) is 11.7. The molecule has 2 heterocycles. The Labute approximate surface area is 195 Å². The summed E-state index contributed by atoms with van der Waals surface area (Å²) in [5.41, 5.74) is 3.15. The number of anilines is 3. The Morgan fingerprint density at radius 2 is 1.82 bits per heavy atom. The van der Waals surface area contributed by atoms with Crippen LogP contribution in [0.15, 0.2) is 54.7 Å². The maximum absolute atomic E-state index is 5.91. The van der Waals surface area contributed by atoms with Crippen molar-refractivity contribution in [3.05, 3.63) is 70.7 Å². The lowest BCUT2D eigenvalue weighted by Crippen LogP contribution is -2.31. The SMILES string of the molecule is Cc1cnc(Nc2ccc(OCCN3CCCC3)cc2)nc1NC1=c2ccccc2=CCC1. The molecule has 1 saturated heterocycles. The normalized spacial score (nSPS) is 15.6. The highest BCUT2D eigenvalue weighted by Gasteiger charge is 2.11. The van der Waals surface area contributed by atoms with Crippen LogP contribution in [-0.4, -0.2) is 41.1 Å². The van der Waals surface area contributed by atoms with Crippen LogP contribution in [0.1, 0.15) is 31.2 Å². The Hall–Kier alpha value is -3.38. The number of ether oxygens (including phenoxy) is 1. The summed E-state index contributed by atoms with van der Waals surface area (Å²) in [6, 6.07) is 16.5. The molecule has 5 rings (SSSR count). The Morgan fingerprint density at radius 3 is 2.67 bits per heavy atom. The second kappa shape index (κ2) is 10.0. The largest absolute Gasteiger partial charge is 0.492 e. The Balaban J connectivity index is 1.24. The summed E-state index contributed by atoms with van der Waals surface area (Å²) >= 11 is 0. The zero-order valence-electron chi connectivity index (χ0n) is 19.2. The van der Waals surface area contributed by atoms with Crippen molar-refractivity contribution >= 4 is 29.2 Å². The van der Waals surface area contributed by atoms with Gasteiger partial charge in [-0.05, 0) is 75.2 Å². The van der Waals surface area contributed by atoms with Gasteiger partial charge in [0.2, 0.25) is 5.95 Å². The van der Waals surface area contributed by atoms with E-state index >= 15 is 0 Å². The molecule has 6 nitrogen and oxygen atoms in total. The van der Waals surface area contributed by atoms with Crippen LogP contribution in [0.25, 0.3) is 11.8 Å². The zero-order chi connectivity index (χ0) is 22.5. The van der Waals surface area contributed by atoms with E-state index in [1.54, 1.807) is 0 Å². The van der Waals surface area contributed by atoms with Gasteiger partial charge in [-0.15, -0.1) is 0 Å². The van der Waals surface area contributed by atoms with Gasteiger partial charge < -0.3 is 15.4 Å². The van der Waals surface area contributed by atoms with Crippen molar-refractivity contribution in [1.82, 2.24) is 14.9 Å². The molecule has 33 heavy (non-hydrogen) atoms. The summed E-state index contributed by atoms with van der Waals surface area (Å²) in [5, 5.41) is 9.41. The van der Waals surface area contributed by atoms with Crippen molar-refractivity contribution in [2.45, 2.75) is 32.6 Å². The molecule has 0 unspecified atom stereocenters. The summed E-state index contributed by atoms with van der Waals surface area (Å²) in [6.07, 6.45) is 8.77. The molecule has 1 aliphatic carbocycles. The lowest BCUT2D eigenvalue weighted by molar-refractivity contribution is 0.238. The van der Waals surface area contributed by atoms with Gasteiger partial charge in [-0.1, -0.05) is 30.3 Å². The maximum atomic E-state index is 5.91. The van der Waals surface area contributed by atoms with E-state index in [0.29, 0.717) is 5.95 Å². The fourth-order valence-corrected chi connectivity index (χ4v) is 4.42. The fourth-order valence-electron chi connectivity index (χ4n) is 4.42. The molecular formula is C27H31N5O. The molecule has 0 saturated carbocycles. The summed E-state index contributed by atoms with van der Waals surface area (Å²) < 4.78 is 5.91. The second-order valence-electron chi connectivity index (χ2n) is 8.71. The van der Waals surface area contributed by atoms with E-state index in [1.807, 2.05) is 37.4 Å². The van der Waals surface area contributed by atoms with Crippen molar-refractivity contribution in [1.29, 1.82) is 0 Å². The number of benzene rings is 2. The number of aromatic nitrogens is 2. The van der Waals surface area contributed by atoms with Gasteiger partial charge in [0.1, 0.15) is 18.2 Å². The van der Waals surface area contributed by atoms with Crippen LogP contribution in [-0.2, 0) is 0 Å². The van der Waals surface area contributed by atoms with Crippen LogP contribution >= 0.6 is 0 Å². The molecule has 1 fully saturated rings. The number of likely N-dealkylation sites (tertiary alicyclic amines) is 1. The molecule has 1 aromatic heterocycles. The maximum Gasteiger partial charge on any atom is 0.229 e. The average molecular weight is 442 g/mol. The van der Waals surface area contributed by atoms with Crippen molar-refractivity contribution in [2.24, 2.45) is 0 Å². The van der Waals surface area contributed by atoms with Gasteiger partial charge in [-0.2, -0.15) is 4.98 Å². The molecule has 2 N–H and O–H groups in total. The Morgan fingerprint density at radius 1 is 1.00 bits per heavy atom.